The van der Waals surface area contributed by atoms with Crippen LogP contribution in [-0.4, -0.2) is 53.8 Å². The molecule has 9 nitrogen and oxygen atoms in total. The lowest BCUT2D eigenvalue weighted by atomic mass is 9.96. The molecule has 0 aliphatic carbocycles. The third-order valence-corrected chi connectivity index (χ3v) is 8.18. The largest absolute Gasteiger partial charge is 0.417 e. The fourth-order valence-electron chi connectivity index (χ4n) is 5.56. The summed E-state index contributed by atoms with van der Waals surface area (Å²) in [5.74, 6) is -0.895. The first-order chi connectivity index (χ1) is 19.2. The maximum absolute atomic E-state index is 13.9. The highest BCUT2D eigenvalue weighted by molar-refractivity contribution is 6.31. The van der Waals surface area contributed by atoms with Crippen LogP contribution in [0.3, 0.4) is 0 Å². The van der Waals surface area contributed by atoms with Crippen molar-refractivity contribution in [3.8, 4) is 0 Å². The van der Waals surface area contributed by atoms with Crippen LogP contribution in [0, 0.1) is 0 Å². The van der Waals surface area contributed by atoms with Crippen LogP contribution in [0.4, 0.5) is 13.2 Å². The number of halogens is 4. The lowest BCUT2D eigenvalue weighted by Gasteiger charge is -2.37. The van der Waals surface area contributed by atoms with Gasteiger partial charge in [-0.15, -0.1) is 0 Å². The summed E-state index contributed by atoms with van der Waals surface area (Å²) in [5, 5.41) is 8.48. The molecule has 1 aromatic carbocycles. The Labute approximate surface area is 239 Å². The Balaban J connectivity index is 1.47. The highest BCUT2D eigenvalue weighted by Gasteiger charge is 2.41. The molecule has 0 N–H and O–H groups in total. The van der Waals surface area contributed by atoms with E-state index in [0.29, 0.717) is 35.5 Å². The molecule has 0 fully saturated rings. The van der Waals surface area contributed by atoms with Gasteiger partial charge in [-0.2, -0.15) is 23.4 Å². The second kappa shape index (κ2) is 10.3. The summed E-state index contributed by atoms with van der Waals surface area (Å²) in [6.07, 6.45) is -2.78. The van der Waals surface area contributed by atoms with Crippen molar-refractivity contribution in [1.82, 2.24) is 29.4 Å². The van der Waals surface area contributed by atoms with E-state index in [2.05, 4.69) is 5.10 Å². The Morgan fingerprint density at radius 2 is 1.80 bits per heavy atom. The van der Waals surface area contributed by atoms with E-state index in [1.807, 2.05) is 27.7 Å². The molecule has 0 bridgehead atoms. The molecule has 2 amide bonds. The quantitative estimate of drug-likeness (QED) is 0.424. The van der Waals surface area contributed by atoms with Crippen LogP contribution < -0.4 is 5.56 Å². The molecule has 41 heavy (non-hydrogen) atoms. The SMILES string of the molecule is CC(c1cnn(C(C)C)c(=O)c1)N1C[C@@H](C)n2nc3c(c2C1=O)CN(C(=O)c1ccc(Cl)c(C(F)(F)F)c1)[C@H](C)C3. The number of hydrogen-bond acceptors (Lipinski definition) is 5. The summed E-state index contributed by atoms with van der Waals surface area (Å²) in [7, 11) is 0. The van der Waals surface area contributed by atoms with Crippen LogP contribution >= 0.6 is 11.6 Å². The van der Waals surface area contributed by atoms with Crippen LogP contribution in [0.25, 0.3) is 0 Å². The van der Waals surface area contributed by atoms with Gasteiger partial charge in [0.1, 0.15) is 5.69 Å². The van der Waals surface area contributed by atoms with E-state index >= 15 is 0 Å². The minimum absolute atomic E-state index is 0.0152. The van der Waals surface area contributed by atoms with E-state index in [0.717, 1.165) is 12.1 Å². The maximum Gasteiger partial charge on any atom is 0.417 e. The van der Waals surface area contributed by atoms with Crippen LogP contribution in [0.1, 0.15) is 96.0 Å². The molecule has 2 aliphatic heterocycles. The summed E-state index contributed by atoms with van der Waals surface area (Å²) in [6.45, 7) is 9.64. The van der Waals surface area contributed by atoms with Crippen molar-refractivity contribution < 1.29 is 22.8 Å². The van der Waals surface area contributed by atoms with Gasteiger partial charge >= 0.3 is 6.18 Å². The van der Waals surface area contributed by atoms with Crippen molar-refractivity contribution in [3.05, 3.63) is 79.5 Å². The minimum Gasteiger partial charge on any atom is -0.331 e. The van der Waals surface area contributed by atoms with E-state index in [1.54, 1.807) is 22.7 Å². The van der Waals surface area contributed by atoms with E-state index in [1.165, 1.54) is 21.7 Å². The Kier molecular flexibility index (Phi) is 7.25. The summed E-state index contributed by atoms with van der Waals surface area (Å²) < 4.78 is 43.4. The van der Waals surface area contributed by atoms with Crippen LogP contribution in [0.5, 0.6) is 0 Å². The highest BCUT2D eigenvalue weighted by Crippen LogP contribution is 2.37. The summed E-state index contributed by atoms with van der Waals surface area (Å²) in [6, 6.07) is 3.47. The third kappa shape index (κ3) is 5.02. The van der Waals surface area contributed by atoms with Crippen molar-refractivity contribution in [2.45, 2.75) is 77.9 Å². The summed E-state index contributed by atoms with van der Waals surface area (Å²) >= 11 is 5.75. The molecule has 3 aromatic rings. The minimum atomic E-state index is -4.71. The average molecular weight is 591 g/mol. The molecule has 0 saturated heterocycles. The predicted molar refractivity (Wildman–Crippen MR) is 145 cm³/mol. The number of hydrogen-bond donors (Lipinski definition) is 0. The van der Waals surface area contributed by atoms with Gasteiger partial charge in [0, 0.05) is 36.2 Å². The monoisotopic (exact) mass is 590 g/mol. The topological polar surface area (TPSA) is 93.3 Å². The van der Waals surface area contributed by atoms with Crippen molar-refractivity contribution in [3.63, 3.8) is 0 Å². The molecule has 13 heteroatoms. The average Bonchev–Trinajstić information content (AvgIpc) is 3.28. The first-order valence-electron chi connectivity index (χ1n) is 13.4. The zero-order valence-corrected chi connectivity index (χ0v) is 24.0. The van der Waals surface area contributed by atoms with Gasteiger partial charge in [0.15, 0.2) is 0 Å². The van der Waals surface area contributed by atoms with Crippen molar-refractivity contribution in [2.24, 2.45) is 0 Å². The standard InChI is InChI=1S/C28H30ClF3N6O3/c1-14(2)37-24(39)10-19(11-33-37)17(5)36-12-16(4)38-25(27(36)41)20-13-35(15(3)8-23(20)34-38)26(40)18-6-7-22(29)21(9-18)28(30,31)32/h6-7,9-11,14-17H,8,12-13H2,1-5H3/t15-,16-,17?/m1/s1. The Morgan fingerprint density at radius 1 is 1.10 bits per heavy atom. The van der Waals surface area contributed by atoms with E-state index in [-0.39, 0.29) is 41.7 Å². The van der Waals surface area contributed by atoms with Crippen molar-refractivity contribution in [1.29, 1.82) is 0 Å². The fourth-order valence-corrected chi connectivity index (χ4v) is 5.79. The number of aromatic nitrogens is 4. The zero-order chi connectivity index (χ0) is 30.0. The zero-order valence-electron chi connectivity index (χ0n) is 23.2. The number of alkyl halides is 3. The summed E-state index contributed by atoms with van der Waals surface area (Å²) in [4.78, 5) is 43.1. The molecule has 1 unspecified atom stereocenters. The molecule has 5 rings (SSSR count). The number of rotatable bonds is 4. The molecular weight excluding hydrogens is 561 g/mol. The van der Waals surface area contributed by atoms with Crippen molar-refractivity contribution >= 4 is 23.4 Å². The molecule has 3 atom stereocenters. The molecular formula is C28H30ClF3N6O3. The number of carbonyl (C=O) groups excluding carboxylic acids is 2. The highest BCUT2D eigenvalue weighted by atomic mass is 35.5. The molecule has 4 heterocycles. The van der Waals surface area contributed by atoms with Gasteiger partial charge < -0.3 is 9.80 Å². The van der Waals surface area contributed by atoms with Gasteiger partial charge in [0.25, 0.3) is 17.4 Å². The van der Waals surface area contributed by atoms with Gasteiger partial charge in [-0.25, -0.2) is 4.68 Å². The third-order valence-electron chi connectivity index (χ3n) is 7.85. The molecule has 2 aliphatic rings. The molecule has 0 radical (unpaired) electrons. The van der Waals surface area contributed by atoms with E-state index in [4.69, 9.17) is 16.7 Å². The first kappa shape index (κ1) is 28.8. The second-order valence-electron chi connectivity index (χ2n) is 11.0. The predicted octanol–water partition coefficient (Wildman–Crippen LogP) is 5.06. The van der Waals surface area contributed by atoms with Crippen LogP contribution in [0.15, 0.2) is 35.3 Å². The number of nitrogens with zero attached hydrogens (tertiary/aromatic N) is 6. The lowest BCUT2D eigenvalue weighted by Crippen LogP contribution is -2.46. The number of fused-ring (bicyclic) bond motifs is 3. The summed E-state index contributed by atoms with van der Waals surface area (Å²) in [5.41, 5.74) is 0.708. The Morgan fingerprint density at radius 3 is 2.44 bits per heavy atom. The Bertz CT molecular complexity index is 1600. The number of amides is 2. The van der Waals surface area contributed by atoms with E-state index < -0.39 is 28.7 Å². The van der Waals surface area contributed by atoms with Gasteiger partial charge in [-0.1, -0.05) is 11.6 Å². The first-order valence-corrected chi connectivity index (χ1v) is 13.7. The van der Waals surface area contributed by atoms with Gasteiger partial charge in [0.05, 0.1) is 47.1 Å². The van der Waals surface area contributed by atoms with Gasteiger partial charge in [0.2, 0.25) is 0 Å². The van der Waals surface area contributed by atoms with Gasteiger partial charge in [-0.3, -0.25) is 19.1 Å². The van der Waals surface area contributed by atoms with Gasteiger partial charge in [-0.05, 0) is 58.4 Å². The van der Waals surface area contributed by atoms with Crippen LogP contribution in [0.2, 0.25) is 5.02 Å². The van der Waals surface area contributed by atoms with E-state index in [9.17, 15) is 27.6 Å². The second-order valence-corrected chi connectivity index (χ2v) is 11.5. The van der Waals surface area contributed by atoms with Crippen molar-refractivity contribution in [2.75, 3.05) is 6.54 Å². The lowest BCUT2D eigenvalue weighted by molar-refractivity contribution is -0.137. The molecule has 0 spiro atoms. The molecule has 0 saturated carbocycles. The fraction of sp³-hybridized carbons (Fsp3) is 0.464. The molecule has 218 valence electrons. The number of benzene rings is 1. The normalized spacial score (nSPS) is 19.8. The Hall–Kier alpha value is -3.67. The number of carbonyl (C=O) groups is 2. The smallest absolute Gasteiger partial charge is 0.331 e. The van der Waals surface area contributed by atoms with Crippen LogP contribution in [-0.2, 0) is 19.1 Å². The maximum atomic E-state index is 13.9. The molecule has 2 aromatic heterocycles.